The second-order valence-corrected chi connectivity index (χ2v) is 9.83. The molecular weight excluding hydrogens is 548 g/mol. The van der Waals surface area contributed by atoms with Crippen LogP contribution in [0.3, 0.4) is 0 Å². The van der Waals surface area contributed by atoms with Crippen LogP contribution in [0.4, 0.5) is 10.6 Å². The zero-order chi connectivity index (χ0) is 29.9. The fourth-order valence-electron chi connectivity index (χ4n) is 4.62. The number of hydrogen-bond donors (Lipinski definition) is 3. The Labute approximate surface area is 243 Å². The number of carbonyl (C=O) groups is 4. The van der Waals surface area contributed by atoms with Crippen LogP contribution in [0.15, 0.2) is 36.4 Å². The molecule has 0 aliphatic carbocycles. The number of amides is 2. The van der Waals surface area contributed by atoms with E-state index in [2.05, 4.69) is 20.6 Å². The van der Waals surface area contributed by atoms with Crippen molar-refractivity contribution in [1.29, 1.82) is 0 Å². The summed E-state index contributed by atoms with van der Waals surface area (Å²) in [4.78, 5) is 65.4. The van der Waals surface area contributed by atoms with Crippen LogP contribution in [0, 0.1) is 0 Å². The van der Waals surface area contributed by atoms with Gasteiger partial charge in [0.15, 0.2) is 5.82 Å². The third kappa shape index (κ3) is 8.85. The highest BCUT2D eigenvalue weighted by Crippen LogP contribution is 2.20. The molecule has 2 saturated heterocycles. The molecule has 2 aliphatic rings. The standard InChI is InChI=1S/C28H36N6O8/c1-2-40-28(39)42-34-14-12-33(13-15-34)27(38)21(10-11-24(35)36)31-26(37)22-17-23(29-18-20-9-6-16-41-20)32-25(30-22)19-7-4-3-5-8-19/h3-5,7-8,17,20-21H,2,6,9-16,18H2,1H3,(H,31,37)(H,35,36)(H,29,30,32)/t20-,21?/m0/s1. The molecule has 14 nitrogen and oxygen atoms in total. The van der Waals surface area contributed by atoms with E-state index in [1.165, 1.54) is 16.0 Å². The van der Waals surface area contributed by atoms with Gasteiger partial charge in [0.05, 0.1) is 25.8 Å². The Morgan fingerprint density at radius 1 is 1.12 bits per heavy atom. The molecule has 2 fully saturated rings. The van der Waals surface area contributed by atoms with E-state index in [9.17, 15) is 24.3 Å². The lowest BCUT2D eigenvalue weighted by Crippen LogP contribution is -2.55. The van der Waals surface area contributed by atoms with Crippen LogP contribution >= 0.6 is 0 Å². The molecule has 1 aromatic heterocycles. The van der Waals surface area contributed by atoms with Gasteiger partial charge in [0.25, 0.3) is 5.91 Å². The smallest absolute Gasteiger partial charge is 0.481 e. The molecule has 2 aromatic rings. The van der Waals surface area contributed by atoms with Crippen molar-refractivity contribution in [1.82, 2.24) is 25.2 Å². The number of nitrogens with one attached hydrogen (secondary N) is 2. The lowest BCUT2D eigenvalue weighted by atomic mass is 10.1. The highest BCUT2D eigenvalue weighted by molar-refractivity contribution is 5.97. The zero-order valence-corrected chi connectivity index (χ0v) is 23.5. The van der Waals surface area contributed by atoms with E-state index in [4.69, 9.17) is 14.3 Å². The molecular formula is C28H36N6O8. The highest BCUT2D eigenvalue weighted by atomic mass is 16.8. The maximum absolute atomic E-state index is 13.5. The Kier molecular flexibility index (Phi) is 11.0. The highest BCUT2D eigenvalue weighted by Gasteiger charge is 2.31. The number of anilines is 1. The van der Waals surface area contributed by atoms with Crippen molar-refractivity contribution in [3.8, 4) is 11.4 Å². The molecule has 3 N–H and O–H groups in total. The van der Waals surface area contributed by atoms with Crippen molar-refractivity contribution < 1.29 is 38.6 Å². The lowest BCUT2D eigenvalue weighted by Gasteiger charge is -2.35. The normalized spacial score (nSPS) is 17.7. The third-order valence-corrected chi connectivity index (χ3v) is 6.79. The van der Waals surface area contributed by atoms with Crippen LogP contribution in [0.1, 0.15) is 43.1 Å². The van der Waals surface area contributed by atoms with E-state index in [0.29, 0.717) is 30.4 Å². The van der Waals surface area contributed by atoms with Gasteiger partial charge < -0.3 is 35.0 Å². The Morgan fingerprint density at radius 3 is 2.55 bits per heavy atom. The van der Waals surface area contributed by atoms with E-state index in [1.54, 1.807) is 6.92 Å². The lowest BCUT2D eigenvalue weighted by molar-refractivity contribution is -0.157. The fourth-order valence-corrected chi connectivity index (χ4v) is 4.62. The van der Waals surface area contributed by atoms with Crippen LogP contribution in [0.2, 0.25) is 0 Å². The molecule has 42 heavy (non-hydrogen) atoms. The molecule has 2 amide bonds. The number of carboxylic acids is 1. The predicted octanol–water partition coefficient (Wildman–Crippen LogP) is 1.93. The number of carboxylic acid groups (broad SMARTS) is 1. The van der Waals surface area contributed by atoms with Crippen molar-refractivity contribution in [3.63, 3.8) is 0 Å². The molecule has 14 heteroatoms. The Bertz CT molecular complexity index is 1230. The summed E-state index contributed by atoms with van der Waals surface area (Å²) >= 11 is 0. The third-order valence-electron chi connectivity index (χ3n) is 6.79. The van der Waals surface area contributed by atoms with Gasteiger partial charge in [0.1, 0.15) is 17.6 Å². The number of aromatic nitrogens is 2. The van der Waals surface area contributed by atoms with Gasteiger partial charge in [-0.25, -0.2) is 14.8 Å². The van der Waals surface area contributed by atoms with Crippen LogP contribution in [-0.2, 0) is 23.9 Å². The number of hydroxylamine groups is 2. The van der Waals surface area contributed by atoms with Crippen LogP contribution < -0.4 is 10.6 Å². The number of ether oxygens (including phenoxy) is 2. The van der Waals surface area contributed by atoms with Crippen molar-refractivity contribution in [2.75, 3.05) is 51.3 Å². The molecule has 0 spiro atoms. The summed E-state index contributed by atoms with van der Waals surface area (Å²) in [6.45, 7) is 3.94. The molecule has 3 heterocycles. The minimum absolute atomic E-state index is 0.0273. The topological polar surface area (TPSA) is 173 Å². The molecule has 2 aliphatic heterocycles. The summed E-state index contributed by atoms with van der Waals surface area (Å²) in [5.41, 5.74) is 0.730. The minimum Gasteiger partial charge on any atom is -0.481 e. The van der Waals surface area contributed by atoms with E-state index in [1.807, 2.05) is 30.3 Å². The SMILES string of the molecule is CCOC(=O)ON1CCN(C(=O)C(CCC(=O)O)NC(=O)c2cc(NC[C@@H]3CCCO3)nc(-c3ccccc3)n2)CC1. The molecule has 2 atom stereocenters. The largest absolute Gasteiger partial charge is 0.527 e. The monoisotopic (exact) mass is 584 g/mol. The molecule has 226 valence electrons. The Morgan fingerprint density at radius 2 is 1.88 bits per heavy atom. The van der Waals surface area contributed by atoms with Gasteiger partial charge in [-0.3, -0.25) is 14.4 Å². The van der Waals surface area contributed by atoms with Gasteiger partial charge in [-0.1, -0.05) is 30.3 Å². The predicted molar refractivity (Wildman–Crippen MR) is 149 cm³/mol. The first-order valence-electron chi connectivity index (χ1n) is 14.0. The minimum atomic E-state index is -1.11. The number of piperazine rings is 1. The first-order valence-corrected chi connectivity index (χ1v) is 14.0. The summed E-state index contributed by atoms with van der Waals surface area (Å²) < 4.78 is 10.5. The van der Waals surface area contributed by atoms with Crippen LogP contribution in [0.5, 0.6) is 0 Å². The van der Waals surface area contributed by atoms with Gasteiger partial charge in [-0.05, 0) is 26.2 Å². The van der Waals surface area contributed by atoms with Gasteiger partial charge in [-0.2, -0.15) is 0 Å². The van der Waals surface area contributed by atoms with Crippen LogP contribution in [0.25, 0.3) is 11.4 Å². The van der Waals surface area contributed by atoms with Gasteiger partial charge in [0.2, 0.25) is 5.91 Å². The molecule has 4 rings (SSSR count). The van der Waals surface area contributed by atoms with E-state index >= 15 is 0 Å². The van der Waals surface area contributed by atoms with Crippen molar-refractivity contribution in [2.45, 2.75) is 44.8 Å². The quantitative estimate of drug-likeness (QED) is 0.310. The second-order valence-electron chi connectivity index (χ2n) is 9.83. The number of rotatable bonds is 12. The summed E-state index contributed by atoms with van der Waals surface area (Å²) in [5, 5.41) is 16.6. The van der Waals surface area contributed by atoms with Crippen molar-refractivity contribution >= 4 is 29.8 Å². The van der Waals surface area contributed by atoms with Gasteiger partial charge in [0, 0.05) is 44.3 Å². The van der Waals surface area contributed by atoms with E-state index < -0.39 is 30.0 Å². The van der Waals surface area contributed by atoms with Gasteiger partial charge >= 0.3 is 12.1 Å². The first kappa shape index (κ1) is 30.7. The van der Waals surface area contributed by atoms with E-state index in [0.717, 1.165) is 12.8 Å². The maximum atomic E-state index is 13.5. The number of hydrogen-bond acceptors (Lipinski definition) is 11. The summed E-state index contributed by atoms with van der Waals surface area (Å²) in [7, 11) is 0. The average Bonchev–Trinajstić information content (AvgIpc) is 3.52. The number of aliphatic carboxylic acids is 1. The Balaban J connectivity index is 1.48. The molecule has 0 saturated carbocycles. The maximum Gasteiger partial charge on any atom is 0.527 e. The summed E-state index contributed by atoms with van der Waals surface area (Å²) in [6.07, 6.45) is 0.689. The second kappa shape index (κ2) is 15.1. The van der Waals surface area contributed by atoms with E-state index in [-0.39, 0.29) is 57.4 Å². The molecule has 0 radical (unpaired) electrons. The fraction of sp³-hybridized carbons (Fsp3) is 0.500. The average molecular weight is 585 g/mol. The van der Waals surface area contributed by atoms with Gasteiger partial charge in [-0.15, -0.1) is 5.06 Å². The van der Waals surface area contributed by atoms with Crippen LogP contribution in [-0.4, -0.2) is 107 Å². The molecule has 1 unspecified atom stereocenters. The number of nitrogens with zero attached hydrogens (tertiary/aromatic N) is 4. The summed E-state index contributed by atoms with van der Waals surface area (Å²) in [6, 6.07) is 9.58. The Hall–Kier alpha value is -4.30. The number of benzene rings is 1. The number of carbonyl (C=O) groups excluding carboxylic acids is 3. The summed E-state index contributed by atoms with van der Waals surface area (Å²) in [5.74, 6) is -1.42. The van der Waals surface area contributed by atoms with Crippen molar-refractivity contribution in [3.05, 3.63) is 42.1 Å². The first-order chi connectivity index (χ1) is 20.3. The zero-order valence-electron chi connectivity index (χ0n) is 23.5. The molecule has 0 bridgehead atoms. The molecule has 1 aromatic carbocycles. The van der Waals surface area contributed by atoms with Crippen molar-refractivity contribution in [2.24, 2.45) is 0 Å².